The van der Waals surface area contributed by atoms with Gasteiger partial charge in [0, 0.05) is 7.05 Å². The van der Waals surface area contributed by atoms with Crippen molar-refractivity contribution in [2.75, 3.05) is 13.6 Å². The molecule has 0 spiro atoms. The number of rotatable bonds is 2. The van der Waals surface area contributed by atoms with Gasteiger partial charge in [0.1, 0.15) is 6.04 Å². The van der Waals surface area contributed by atoms with E-state index in [-0.39, 0.29) is 18.2 Å². The summed E-state index contributed by atoms with van der Waals surface area (Å²) in [5.41, 5.74) is 0. The van der Waals surface area contributed by atoms with Crippen molar-refractivity contribution in [3.63, 3.8) is 0 Å². The summed E-state index contributed by atoms with van der Waals surface area (Å²) in [5, 5.41) is 9.26. The fraction of sp³-hybridized carbons (Fsp3) is 0.750. The van der Waals surface area contributed by atoms with Gasteiger partial charge in [-0.3, -0.25) is 24.2 Å². The molecule has 2 unspecified atom stereocenters. The lowest BCUT2D eigenvalue weighted by atomic mass is 10.1. The molecule has 6 nitrogen and oxygen atoms in total. The molecule has 2 fully saturated rings. The Kier molecular flexibility index (Phi) is 3.65. The first-order chi connectivity index (χ1) is 8.52. The van der Waals surface area contributed by atoms with Gasteiger partial charge in [-0.1, -0.05) is 12.8 Å². The van der Waals surface area contributed by atoms with E-state index >= 15 is 0 Å². The fourth-order valence-electron chi connectivity index (χ4n) is 2.76. The quantitative estimate of drug-likeness (QED) is 0.706. The Morgan fingerprint density at radius 2 is 2.00 bits per heavy atom. The van der Waals surface area contributed by atoms with Crippen LogP contribution in [0.15, 0.2) is 0 Å². The molecule has 0 saturated carbocycles. The zero-order valence-corrected chi connectivity index (χ0v) is 10.5. The molecule has 2 aliphatic rings. The van der Waals surface area contributed by atoms with E-state index in [2.05, 4.69) is 0 Å². The average molecular weight is 254 g/mol. The maximum absolute atomic E-state index is 12.0. The highest BCUT2D eigenvalue weighted by atomic mass is 16.4. The van der Waals surface area contributed by atoms with Crippen molar-refractivity contribution in [1.29, 1.82) is 0 Å². The summed E-state index contributed by atoms with van der Waals surface area (Å²) in [7, 11) is 1.46. The fourth-order valence-corrected chi connectivity index (χ4v) is 2.76. The molecule has 100 valence electrons. The zero-order valence-electron chi connectivity index (χ0n) is 10.5. The highest BCUT2D eigenvalue weighted by molar-refractivity contribution is 6.05. The second-order valence-electron chi connectivity index (χ2n) is 4.95. The van der Waals surface area contributed by atoms with E-state index in [0.717, 1.165) is 24.2 Å². The number of carbonyl (C=O) groups is 3. The average Bonchev–Trinajstić information content (AvgIpc) is 2.56. The highest BCUT2D eigenvalue weighted by Crippen LogP contribution is 2.25. The second-order valence-corrected chi connectivity index (χ2v) is 4.95. The molecular weight excluding hydrogens is 236 g/mol. The maximum atomic E-state index is 12.0. The molecule has 0 aromatic heterocycles. The van der Waals surface area contributed by atoms with E-state index in [9.17, 15) is 19.5 Å². The van der Waals surface area contributed by atoms with Crippen LogP contribution in [0.1, 0.15) is 32.1 Å². The molecule has 0 radical (unpaired) electrons. The van der Waals surface area contributed by atoms with Gasteiger partial charge in [0.15, 0.2) is 0 Å². The molecule has 2 heterocycles. The lowest BCUT2D eigenvalue weighted by Crippen LogP contribution is -2.50. The summed E-state index contributed by atoms with van der Waals surface area (Å²) < 4.78 is 0. The summed E-state index contributed by atoms with van der Waals surface area (Å²) >= 11 is 0. The largest absolute Gasteiger partial charge is 0.480 e. The van der Waals surface area contributed by atoms with E-state index in [1.807, 2.05) is 0 Å². The Labute approximate surface area is 106 Å². The molecule has 18 heavy (non-hydrogen) atoms. The van der Waals surface area contributed by atoms with Gasteiger partial charge in [-0.25, -0.2) is 0 Å². The predicted octanol–water partition coefficient (Wildman–Crippen LogP) is 0.0729. The zero-order chi connectivity index (χ0) is 13.3. The van der Waals surface area contributed by atoms with Gasteiger partial charge < -0.3 is 5.11 Å². The van der Waals surface area contributed by atoms with Crippen LogP contribution in [0.25, 0.3) is 0 Å². The topological polar surface area (TPSA) is 77.9 Å². The van der Waals surface area contributed by atoms with E-state index in [0.29, 0.717) is 13.0 Å². The number of hydrogen-bond acceptors (Lipinski definition) is 4. The highest BCUT2D eigenvalue weighted by Gasteiger charge is 2.43. The number of carboxylic acids is 1. The lowest BCUT2D eigenvalue weighted by molar-refractivity contribution is -0.146. The van der Waals surface area contributed by atoms with Gasteiger partial charge in [0.2, 0.25) is 11.8 Å². The van der Waals surface area contributed by atoms with Crippen LogP contribution in [0.4, 0.5) is 0 Å². The van der Waals surface area contributed by atoms with E-state index in [1.165, 1.54) is 7.05 Å². The number of aliphatic carboxylic acids is 1. The third-order valence-corrected chi connectivity index (χ3v) is 3.84. The minimum absolute atomic E-state index is 0.110. The maximum Gasteiger partial charge on any atom is 0.320 e. The molecule has 2 aliphatic heterocycles. The van der Waals surface area contributed by atoms with Crippen LogP contribution in [-0.2, 0) is 14.4 Å². The van der Waals surface area contributed by atoms with Gasteiger partial charge in [-0.05, 0) is 19.4 Å². The smallest absolute Gasteiger partial charge is 0.320 e. The van der Waals surface area contributed by atoms with Crippen molar-refractivity contribution in [3.05, 3.63) is 0 Å². The summed E-state index contributed by atoms with van der Waals surface area (Å²) in [6, 6.07) is -1.22. The number of nitrogens with zero attached hydrogens (tertiary/aromatic N) is 2. The Hall–Kier alpha value is -1.43. The number of likely N-dealkylation sites (tertiary alicyclic amines) is 2. The van der Waals surface area contributed by atoms with Crippen LogP contribution in [0.3, 0.4) is 0 Å². The van der Waals surface area contributed by atoms with Crippen LogP contribution >= 0.6 is 0 Å². The number of hydrogen-bond donors (Lipinski definition) is 1. The molecule has 2 amide bonds. The first-order valence-electron chi connectivity index (χ1n) is 6.31. The number of likely N-dealkylation sites (N-methyl/N-ethyl adjacent to an activating group) is 1. The molecule has 0 aliphatic carbocycles. The van der Waals surface area contributed by atoms with Crippen molar-refractivity contribution in [2.45, 2.75) is 44.2 Å². The van der Waals surface area contributed by atoms with Crippen molar-refractivity contribution >= 4 is 17.8 Å². The standard InChI is InChI=1S/C12H18N2O4/c1-13-10(15)7-9(11(13)16)14-6-4-2-3-5-8(14)12(17)18/h8-9H,2-7H2,1H3,(H,17,18). The third-order valence-electron chi connectivity index (χ3n) is 3.84. The summed E-state index contributed by atoms with van der Waals surface area (Å²) in [4.78, 5) is 37.6. The number of carbonyl (C=O) groups excluding carboxylic acids is 2. The lowest BCUT2D eigenvalue weighted by Gasteiger charge is -2.30. The molecule has 0 bridgehead atoms. The minimum Gasteiger partial charge on any atom is -0.480 e. The molecule has 0 aromatic carbocycles. The Bertz CT molecular complexity index is 382. The van der Waals surface area contributed by atoms with Crippen molar-refractivity contribution in [1.82, 2.24) is 9.80 Å². The van der Waals surface area contributed by atoms with E-state index in [4.69, 9.17) is 0 Å². The van der Waals surface area contributed by atoms with Crippen LogP contribution in [0, 0.1) is 0 Å². The molecular formula is C12H18N2O4. The molecule has 1 N–H and O–H groups in total. The number of amides is 2. The summed E-state index contributed by atoms with van der Waals surface area (Å²) in [5.74, 6) is -1.39. The first kappa shape index (κ1) is 13.0. The van der Waals surface area contributed by atoms with E-state index in [1.54, 1.807) is 4.90 Å². The monoisotopic (exact) mass is 254 g/mol. The van der Waals surface area contributed by atoms with Gasteiger partial charge in [0.25, 0.3) is 0 Å². The third kappa shape index (κ3) is 2.25. The van der Waals surface area contributed by atoms with Crippen LogP contribution in [0.2, 0.25) is 0 Å². The van der Waals surface area contributed by atoms with Crippen LogP contribution in [0.5, 0.6) is 0 Å². The molecule has 2 rings (SSSR count). The minimum atomic E-state index is -0.897. The van der Waals surface area contributed by atoms with Crippen LogP contribution in [-0.4, -0.2) is 58.4 Å². The second kappa shape index (κ2) is 5.06. The van der Waals surface area contributed by atoms with E-state index < -0.39 is 18.1 Å². The van der Waals surface area contributed by atoms with Crippen LogP contribution < -0.4 is 0 Å². The van der Waals surface area contributed by atoms with Gasteiger partial charge in [-0.15, -0.1) is 0 Å². The predicted molar refractivity (Wildman–Crippen MR) is 62.8 cm³/mol. The Morgan fingerprint density at radius 3 is 2.56 bits per heavy atom. The summed E-state index contributed by atoms with van der Waals surface area (Å²) in [6.45, 7) is 0.578. The van der Waals surface area contributed by atoms with Crippen molar-refractivity contribution < 1.29 is 19.5 Å². The number of imide groups is 1. The number of carboxylic acid groups (broad SMARTS) is 1. The SMILES string of the molecule is CN1C(=O)CC(N2CCCCCC2C(=O)O)C1=O. The Balaban J connectivity index is 2.20. The molecule has 0 aromatic rings. The van der Waals surface area contributed by atoms with Gasteiger partial charge >= 0.3 is 5.97 Å². The van der Waals surface area contributed by atoms with Crippen molar-refractivity contribution in [3.8, 4) is 0 Å². The Morgan fingerprint density at radius 1 is 1.28 bits per heavy atom. The first-order valence-corrected chi connectivity index (χ1v) is 6.31. The summed E-state index contributed by atoms with van der Waals surface area (Å²) in [6.07, 6.45) is 3.38. The van der Waals surface area contributed by atoms with Gasteiger partial charge in [0.05, 0.1) is 12.5 Å². The molecule has 6 heteroatoms. The van der Waals surface area contributed by atoms with Gasteiger partial charge in [-0.2, -0.15) is 0 Å². The molecule has 2 atom stereocenters. The normalized spacial score (nSPS) is 30.6. The van der Waals surface area contributed by atoms with Crippen molar-refractivity contribution in [2.24, 2.45) is 0 Å². The molecule has 2 saturated heterocycles.